The summed E-state index contributed by atoms with van der Waals surface area (Å²) in [5.74, 6) is 0. The Morgan fingerprint density at radius 1 is 1.20 bits per heavy atom. The van der Waals surface area contributed by atoms with E-state index in [9.17, 15) is 0 Å². The van der Waals surface area contributed by atoms with Crippen molar-refractivity contribution in [2.75, 3.05) is 0 Å². The summed E-state index contributed by atoms with van der Waals surface area (Å²) in [4.78, 5) is 0. The Kier molecular flexibility index (Phi) is 4.48. The third-order valence-electron chi connectivity index (χ3n) is 3.04. The normalized spacial score (nSPS) is 30.9. The minimum Gasteiger partial charge on any atom is -0.107 e. The van der Waals surface area contributed by atoms with Crippen LogP contribution < -0.4 is 0 Å². The fourth-order valence-electron chi connectivity index (χ4n) is 1.67. The van der Waals surface area contributed by atoms with Crippen molar-refractivity contribution in [1.82, 2.24) is 0 Å². The van der Waals surface area contributed by atoms with E-state index in [2.05, 4.69) is 20.0 Å². The standard InChI is InChI=1S/C8H18Si.HI/c1-8-6-4-5-7-9(8,2)3;/h8H,4-7H2,1-3H3;1H. The molecule has 0 bridgehead atoms. The van der Waals surface area contributed by atoms with Gasteiger partial charge in [0.15, 0.2) is 0 Å². The van der Waals surface area contributed by atoms with Gasteiger partial charge in [-0.3, -0.25) is 0 Å². The smallest absolute Gasteiger partial charge is 0.0502 e. The van der Waals surface area contributed by atoms with Crippen LogP contribution in [0.5, 0.6) is 0 Å². The van der Waals surface area contributed by atoms with Crippen LogP contribution in [0.15, 0.2) is 0 Å². The van der Waals surface area contributed by atoms with Crippen LogP contribution in [0.3, 0.4) is 0 Å². The predicted octanol–water partition coefficient (Wildman–Crippen LogP) is 3.89. The Morgan fingerprint density at radius 3 is 2.10 bits per heavy atom. The maximum absolute atomic E-state index is 2.54. The van der Waals surface area contributed by atoms with Gasteiger partial charge < -0.3 is 0 Å². The highest BCUT2D eigenvalue weighted by Gasteiger charge is 2.30. The third-order valence-corrected chi connectivity index (χ3v) is 7.64. The first-order chi connectivity index (χ1) is 4.13. The largest absolute Gasteiger partial charge is 0.107 e. The Labute approximate surface area is 82.8 Å². The minimum atomic E-state index is -0.694. The van der Waals surface area contributed by atoms with E-state index in [0.717, 1.165) is 5.54 Å². The summed E-state index contributed by atoms with van der Waals surface area (Å²) in [7, 11) is -0.694. The summed E-state index contributed by atoms with van der Waals surface area (Å²) in [6.07, 6.45) is 4.53. The first-order valence-electron chi connectivity index (χ1n) is 4.13. The Balaban J connectivity index is 0.000000810. The van der Waals surface area contributed by atoms with Crippen LogP contribution in [0, 0.1) is 0 Å². The maximum atomic E-state index is 2.54. The fraction of sp³-hybridized carbons (Fsp3) is 1.00. The van der Waals surface area contributed by atoms with Crippen molar-refractivity contribution >= 4 is 32.1 Å². The fourth-order valence-corrected chi connectivity index (χ4v) is 4.31. The second-order valence-electron chi connectivity index (χ2n) is 4.14. The molecule has 0 aromatic heterocycles. The Bertz CT molecular complexity index is 101. The summed E-state index contributed by atoms with van der Waals surface area (Å²) in [5, 5.41) is 0. The summed E-state index contributed by atoms with van der Waals surface area (Å²) in [6, 6.07) is 1.58. The molecule has 1 saturated heterocycles. The maximum Gasteiger partial charge on any atom is 0.0502 e. The highest BCUT2D eigenvalue weighted by atomic mass is 127. The molecule has 0 N–H and O–H groups in total. The van der Waals surface area contributed by atoms with E-state index in [-0.39, 0.29) is 24.0 Å². The molecular formula is C8H19ISi. The van der Waals surface area contributed by atoms with Crippen LogP contribution in [0.2, 0.25) is 24.7 Å². The van der Waals surface area contributed by atoms with Gasteiger partial charge in [0.05, 0.1) is 8.07 Å². The summed E-state index contributed by atoms with van der Waals surface area (Å²) < 4.78 is 0. The van der Waals surface area contributed by atoms with Crippen molar-refractivity contribution in [3.63, 3.8) is 0 Å². The van der Waals surface area contributed by atoms with Crippen molar-refractivity contribution in [2.45, 2.75) is 50.9 Å². The molecule has 62 valence electrons. The van der Waals surface area contributed by atoms with Gasteiger partial charge in [-0.2, -0.15) is 0 Å². The molecule has 0 aliphatic carbocycles. The van der Waals surface area contributed by atoms with Gasteiger partial charge in [0, 0.05) is 0 Å². The van der Waals surface area contributed by atoms with E-state index in [0.29, 0.717) is 0 Å². The molecule has 1 unspecified atom stereocenters. The van der Waals surface area contributed by atoms with E-state index < -0.39 is 8.07 Å². The molecule has 1 heterocycles. The summed E-state index contributed by atoms with van der Waals surface area (Å²) in [6.45, 7) is 7.53. The number of hydrogen-bond donors (Lipinski definition) is 0. The van der Waals surface area contributed by atoms with Gasteiger partial charge in [0.1, 0.15) is 0 Å². The van der Waals surface area contributed by atoms with Gasteiger partial charge >= 0.3 is 0 Å². The van der Waals surface area contributed by atoms with Gasteiger partial charge in [-0.15, -0.1) is 24.0 Å². The lowest BCUT2D eigenvalue weighted by Gasteiger charge is -2.34. The van der Waals surface area contributed by atoms with Crippen molar-refractivity contribution in [1.29, 1.82) is 0 Å². The number of halogens is 1. The number of rotatable bonds is 0. The Morgan fingerprint density at radius 2 is 1.80 bits per heavy atom. The second kappa shape index (κ2) is 4.09. The van der Waals surface area contributed by atoms with Crippen LogP contribution in [0.4, 0.5) is 0 Å². The lowest BCUT2D eigenvalue weighted by molar-refractivity contribution is 0.635. The van der Waals surface area contributed by atoms with Crippen molar-refractivity contribution in [3.8, 4) is 0 Å². The molecule has 1 atom stereocenters. The van der Waals surface area contributed by atoms with Crippen LogP contribution in [0.25, 0.3) is 0 Å². The van der Waals surface area contributed by atoms with Crippen LogP contribution >= 0.6 is 24.0 Å². The van der Waals surface area contributed by atoms with E-state index in [1.165, 1.54) is 19.3 Å². The molecular weight excluding hydrogens is 251 g/mol. The SMILES string of the molecule is CC1CCCC[Si]1(C)C.I. The molecule has 0 aromatic rings. The molecule has 0 radical (unpaired) electrons. The summed E-state index contributed by atoms with van der Waals surface area (Å²) in [5.41, 5.74) is 1.09. The van der Waals surface area contributed by atoms with Crippen molar-refractivity contribution in [3.05, 3.63) is 0 Å². The molecule has 1 rings (SSSR count). The van der Waals surface area contributed by atoms with E-state index in [4.69, 9.17) is 0 Å². The molecule has 0 aromatic carbocycles. The highest BCUT2D eigenvalue weighted by Crippen LogP contribution is 2.36. The molecule has 10 heavy (non-hydrogen) atoms. The molecule has 0 nitrogen and oxygen atoms in total. The van der Waals surface area contributed by atoms with Crippen molar-refractivity contribution < 1.29 is 0 Å². The molecule has 1 aliphatic heterocycles. The first kappa shape index (κ1) is 10.9. The average Bonchev–Trinajstić information content (AvgIpc) is 1.77. The zero-order valence-electron chi connectivity index (χ0n) is 7.31. The topological polar surface area (TPSA) is 0 Å². The molecule has 2 heteroatoms. The second-order valence-corrected chi connectivity index (χ2v) is 9.60. The van der Waals surface area contributed by atoms with Crippen LogP contribution in [-0.2, 0) is 0 Å². The predicted molar refractivity (Wildman–Crippen MR) is 61.0 cm³/mol. The zero-order chi connectivity index (χ0) is 6.91. The van der Waals surface area contributed by atoms with E-state index in [1.807, 2.05) is 0 Å². The molecule has 0 spiro atoms. The molecule has 1 aliphatic rings. The highest BCUT2D eigenvalue weighted by molar-refractivity contribution is 14.0. The van der Waals surface area contributed by atoms with Gasteiger partial charge in [-0.1, -0.05) is 45.3 Å². The summed E-state index contributed by atoms with van der Waals surface area (Å²) >= 11 is 0. The van der Waals surface area contributed by atoms with Crippen molar-refractivity contribution in [2.24, 2.45) is 0 Å². The Hall–Kier alpha value is 0.947. The monoisotopic (exact) mass is 270 g/mol. The lowest BCUT2D eigenvalue weighted by Crippen LogP contribution is -2.33. The molecule has 0 amide bonds. The minimum absolute atomic E-state index is 0. The van der Waals surface area contributed by atoms with Gasteiger partial charge in [-0.25, -0.2) is 0 Å². The zero-order valence-corrected chi connectivity index (χ0v) is 10.6. The third kappa shape index (κ3) is 2.53. The number of hydrogen-bond acceptors (Lipinski definition) is 0. The van der Waals surface area contributed by atoms with Gasteiger partial charge in [-0.05, 0) is 5.54 Å². The average molecular weight is 270 g/mol. The van der Waals surface area contributed by atoms with E-state index in [1.54, 1.807) is 6.04 Å². The van der Waals surface area contributed by atoms with Gasteiger partial charge in [0.2, 0.25) is 0 Å². The van der Waals surface area contributed by atoms with Crippen LogP contribution in [0.1, 0.15) is 26.2 Å². The molecule has 1 fully saturated rings. The quantitative estimate of drug-likeness (QED) is 0.463. The van der Waals surface area contributed by atoms with Crippen LogP contribution in [-0.4, -0.2) is 8.07 Å². The lowest BCUT2D eigenvalue weighted by atomic mass is 10.2. The molecule has 0 saturated carbocycles. The van der Waals surface area contributed by atoms with Gasteiger partial charge in [0.25, 0.3) is 0 Å². The first-order valence-corrected chi connectivity index (χ1v) is 7.41. The van der Waals surface area contributed by atoms with E-state index >= 15 is 0 Å².